The normalized spacial score (nSPS) is 22.0. The molecule has 9 rings (SSSR count). The Morgan fingerprint density at radius 3 is 2.38 bits per heavy atom. The smallest absolute Gasteiger partial charge is 0.416 e. The standard InChI is InChI=1S/C40H38F3N7O7S2.C5H12/c1-2-22-18-39(22,37(53)49-59(54,55)25-15-16-25)48-35(52)28-17-24(20-50(28)31(51)19-44-38-45-27-8-4-6-10-30(27)58-38)56-36-33-32(26-7-3-5-9-29(26)57-33)46-34(47-36)21-11-13-23(14-12-21)40(41,42)43;1-5(2,3)4/h2-3,5,7,9,11-14,22,24-25,28H,1,4,6,8,10,15-20H2,(H,44,45)(H,48,52)(H,49,53);1-4H3/t22-,24-,28+,39-;/m1./s1. The number of sulfonamides is 1. The number of benzene rings is 2. The molecule has 0 radical (unpaired) electrons. The number of para-hydroxylation sites is 1. The molecule has 3 aromatic heterocycles. The first kappa shape index (κ1) is 45.0. The number of fused-ring (bicyclic) bond motifs is 4. The molecular formula is C45H50F3N7O7S2. The Bertz CT molecular complexity index is 2700. The second kappa shape index (κ2) is 17.1. The number of rotatable bonds is 12. The first-order valence-corrected chi connectivity index (χ1v) is 23.6. The van der Waals surface area contributed by atoms with Crippen molar-refractivity contribution in [2.24, 2.45) is 11.3 Å². The third-order valence-electron chi connectivity index (χ3n) is 11.3. The highest BCUT2D eigenvalue weighted by Gasteiger charge is 2.62. The number of aryl methyl sites for hydroxylation is 2. The largest absolute Gasteiger partial charge is 0.470 e. The molecule has 64 heavy (non-hydrogen) atoms. The van der Waals surface area contributed by atoms with Crippen LogP contribution in [0.5, 0.6) is 5.88 Å². The first-order chi connectivity index (χ1) is 30.2. The molecule has 0 spiro atoms. The van der Waals surface area contributed by atoms with Crippen LogP contribution in [0.3, 0.4) is 0 Å². The number of amides is 3. The molecule has 1 aliphatic heterocycles. The maximum atomic E-state index is 14.3. The van der Waals surface area contributed by atoms with E-state index in [2.05, 4.69) is 64.6 Å². The van der Waals surface area contributed by atoms with Crippen LogP contribution in [-0.2, 0) is 43.4 Å². The Labute approximate surface area is 372 Å². The number of nitrogens with one attached hydrogen (secondary N) is 3. The molecule has 3 N–H and O–H groups in total. The van der Waals surface area contributed by atoms with Gasteiger partial charge in [-0.3, -0.25) is 19.1 Å². The predicted octanol–water partition coefficient (Wildman–Crippen LogP) is 7.58. The highest BCUT2D eigenvalue weighted by Crippen LogP contribution is 2.46. The quantitative estimate of drug-likeness (QED) is 0.105. The van der Waals surface area contributed by atoms with Crippen molar-refractivity contribution in [2.75, 3.05) is 18.4 Å². The average molecular weight is 922 g/mol. The number of halogens is 3. The molecule has 4 aliphatic rings. The summed E-state index contributed by atoms with van der Waals surface area (Å²) in [6, 6.07) is 10.2. The van der Waals surface area contributed by atoms with Gasteiger partial charge >= 0.3 is 6.18 Å². The van der Waals surface area contributed by atoms with Crippen LogP contribution in [0.4, 0.5) is 18.3 Å². The highest BCUT2D eigenvalue weighted by atomic mass is 32.2. The summed E-state index contributed by atoms with van der Waals surface area (Å²) >= 11 is 1.49. The van der Waals surface area contributed by atoms with E-state index < -0.39 is 68.3 Å². The van der Waals surface area contributed by atoms with E-state index in [0.717, 1.165) is 43.5 Å². The van der Waals surface area contributed by atoms with Crippen LogP contribution < -0.4 is 20.1 Å². The number of furan rings is 1. The molecule has 14 nitrogen and oxygen atoms in total. The molecule has 0 bridgehead atoms. The average Bonchev–Trinajstić information content (AvgIpc) is 4.09. The minimum Gasteiger partial charge on any atom is -0.470 e. The van der Waals surface area contributed by atoms with E-state index in [1.807, 2.05) is 0 Å². The molecule has 2 aromatic carbocycles. The number of thiazole rings is 1. The van der Waals surface area contributed by atoms with Gasteiger partial charge < -0.3 is 24.7 Å². The second-order valence-corrected chi connectivity index (χ2v) is 21.4. The third kappa shape index (κ3) is 9.74. The molecule has 4 heterocycles. The van der Waals surface area contributed by atoms with E-state index in [1.165, 1.54) is 39.3 Å². The van der Waals surface area contributed by atoms with E-state index in [-0.39, 0.29) is 48.8 Å². The summed E-state index contributed by atoms with van der Waals surface area (Å²) in [6.07, 6.45) is 0.856. The van der Waals surface area contributed by atoms with Crippen molar-refractivity contribution in [2.45, 2.75) is 108 Å². The van der Waals surface area contributed by atoms with Crippen LogP contribution in [0.2, 0.25) is 0 Å². The van der Waals surface area contributed by atoms with Gasteiger partial charge in [0.15, 0.2) is 11.0 Å². The van der Waals surface area contributed by atoms with Crippen LogP contribution >= 0.6 is 11.3 Å². The minimum atomic E-state index is -4.55. The topological polar surface area (TPSA) is 186 Å². The van der Waals surface area contributed by atoms with E-state index in [1.54, 1.807) is 24.3 Å². The van der Waals surface area contributed by atoms with Crippen LogP contribution in [0.1, 0.15) is 82.4 Å². The number of carbonyl (C=O) groups is 3. The van der Waals surface area contributed by atoms with Crippen molar-refractivity contribution in [3.05, 3.63) is 77.3 Å². The van der Waals surface area contributed by atoms with Gasteiger partial charge in [-0.2, -0.15) is 18.2 Å². The van der Waals surface area contributed by atoms with Gasteiger partial charge in [0.1, 0.15) is 28.8 Å². The highest BCUT2D eigenvalue weighted by molar-refractivity contribution is 7.91. The fraction of sp³-hybridized carbons (Fsp3) is 0.467. The Morgan fingerprint density at radius 1 is 1.02 bits per heavy atom. The summed E-state index contributed by atoms with van der Waals surface area (Å²) in [4.78, 5) is 58.3. The fourth-order valence-corrected chi connectivity index (χ4v) is 10.3. The van der Waals surface area contributed by atoms with Crippen LogP contribution in [0.15, 0.2) is 65.6 Å². The van der Waals surface area contributed by atoms with Crippen molar-refractivity contribution >= 4 is 66.3 Å². The van der Waals surface area contributed by atoms with Gasteiger partial charge in [-0.1, -0.05) is 58.0 Å². The van der Waals surface area contributed by atoms with E-state index in [4.69, 9.17) is 9.15 Å². The number of hydrogen-bond donors (Lipinski definition) is 3. The van der Waals surface area contributed by atoms with E-state index in [9.17, 15) is 36.0 Å². The zero-order chi connectivity index (χ0) is 45.8. The molecule has 1 saturated heterocycles. The molecule has 3 fully saturated rings. The monoisotopic (exact) mass is 921 g/mol. The molecule has 19 heteroatoms. The molecule has 340 valence electrons. The summed E-state index contributed by atoms with van der Waals surface area (Å²) in [5.74, 6) is -2.58. The number of hydrogen-bond acceptors (Lipinski definition) is 12. The lowest BCUT2D eigenvalue weighted by molar-refractivity contribution is -0.138. The number of anilines is 1. The second-order valence-electron chi connectivity index (χ2n) is 18.4. The van der Waals surface area contributed by atoms with Gasteiger partial charge in [0, 0.05) is 28.2 Å². The van der Waals surface area contributed by atoms with Gasteiger partial charge in [-0.15, -0.1) is 17.9 Å². The van der Waals surface area contributed by atoms with Gasteiger partial charge in [-0.05, 0) is 74.6 Å². The van der Waals surface area contributed by atoms with Gasteiger partial charge in [0.2, 0.25) is 27.4 Å². The van der Waals surface area contributed by atoms with E-state index in [0.29, 0.717) is 39.9 Å². The molecular weight excluding hydrogens is 872 g/mol. The summed E-state index contributed by atoms with van der Waals surface area (Å²) in [6.45, 7) is 12.2. The number of ether oxygens (including phenoxy) is 1. The maximum absolute atomic E-state index is 14.3. The lowest BCUT2D eigenvalue weighted by Crippen LogP contribution is -2.57. The molecule has 3 amide bonds. The SMILES string of the molecule is C=C[C@@H]1C[C@]1(NC(=O)[C@@H]1C[C@@H](Oc2nc(-c3ccc(C(F)(F)F)cc3)nc3c2oc2ccccc23)CN1C(=O)CNc1nc2c(s1)CCCC2)C(=O)NS(=O)(=O)C1CC1.CC(C)(C)C. The molecule has 0 unspecified atom stereocenters. The zero-order valence-electron chi connectivity index (χ0n) is 35.9. The van der Waals surface area contributed by atoms with Gasteiger partial charge in [0.05, 0.1) is 29.6 Å². The number of aromatic nitrogens is 3. The predicted molar refractivity (Wildman–Crippen MR) is 236 cm³/mol. The van der Waals surface area contributed by atoms with Crippen LogP contribution in [0, 0.1) is 11.3 Å². The molecule has 2 saturated carbocycles. The zero-order valence-corrected chi connectivity index (χ0v) is 37.5. The number of alkyl halides is 3. The Balaban J connectivity index is 0.00000106. The van der Waals surface area contributed by atoms with Gasteiger partial charge in [-0.25, -0.2) is 18.4 Å². The summed E-state index contributed by atoms with van der Waals surface area (Å²) in [7, 11) is -3.93. The van der Waals surface area contributed by atoms with Crippen LogP contribution in [-0.4, -0.2) is 82.0 Å². The van der Waals surface area contributed by atoms with Crippen molar-refractivity contribution in [3.8, 4) is 17.3 Å². The lowest BCUT2D eigenvalue weighted by atomic mass is 10.0. The maximum Gasteiger partial charge on any atom is 0.416 e. The van der Waals surface area contributed by atoms with Crippen molar-refractivity contribution in [1.29, 1.82) is 0 Å². The lowest BCUT2D eigenvalue weighted by Gasteiger charge is -2.26. The number of nitrogens with zero attached hydrogens (tertiary/aromatic N) is 4. The minimum absolute atomic E-state index is 0.0545. The summed E-state index contributed by atoms with van der Waals surface area (Å²) in [5, 5.41) is 6.40. The molecule has 4 atom stereocenters. The summed E-state index contributed by atoms with van der Waals surface area (Å²) in [5.41, 5.74) is 0.306. The fourth-order valence-electron chi connectivity index (χ4n) is 7.85. The van der Waals surface area contributed by atoms with Crippen LogP contribution in [0.25, 0.3) is 33.5 Å². The summed E-state index contributed by atoms with van der Waals surface area (Å²) < 4.78 is 80.4. The Kier molecular flexibility index (Phi) is 12.0. The van der Waals surface area contributed by atoms with Crippen molar-refractivity contribution in [1.82, 2.24) is 29.9 Å². The van der Waals surface area contributed by atoms with E-state index >= 15 is 0 Å². The third-order valence-corrected chi connectivity index (χ3v) is 14.2. The first-order valence-electron chi connectivity index (χ1n) is 21.3. The molecule has 3 aliphatic carbocycles. The van der Waals surface area contributed by atoms with Crippen molar-refractivity contribution < 1.29 is 45.1 Å². The van der Waals surface area contributed by atoms with Crippen molar-refractivity contribution in [3.63, 3.8) is 0 Å². The van der Waals surface area contributed by atoms with Gasteiger partial charge in [0.25, 0.3) is 11.8 Å². The number of likely N-dealkylation sites (tertiary alicyclic amines) is 1. The molecule has 5 aromatic rings. The Morgan fingerprint density at radius 2 is 1.72 bits per heavy atom. The Hall–Kier alpha value is -5.56. The number of carbonyl (C=O) groups excluding carboxylic acids is 3.